The van der Waals surface area contributed by atoms with Gasteiger partial charge >= 0.3 is 12.1 Å². The summed E-state index contributed by atoms with van der Waals surface area (Å²) >= 11 is 6.29. The van der Waals surface area contributed by atoms with Gasteiger partial charge in [-0.05, 0) is 166 Å². The number of aromatic nitrogens is 3. The molecule has 1 saturated heterocycles. The number of rotatable bonds is 46. The van der Waals surface area contributed by atoms with E-state index in [0.717, 1.165) is 16.3 Å². The number of benzene rings is 3. The molecule has 0 radical (unpaired) electrons. The van der Waals surface area contributed by atoms with Crippen molar-refractivity contribution in [2.45, 2.75) is 210 Å². The number of primary amides is 1. The second-order valence-electron chi connectivity index (χ2n) is 30.4. The number of carbonyl (C=O) groups is 14. The summed E-state index contributed by atoms with van der Waals surface area (Å²) in [7, 11) is 1.48. The van der Waals surface area contributed by atoms with E-state index in [2.05, 4.69) is 73.4 Å². The third-order valence-electron chi connectivity index (χ3n) is 19.9. The van der Waals surface area contributed by atoms with Crippen molar-refractivity contribution in [2.24, 2.45) is 11.7 Å². The van der Waals surface area contributed by atoms with Gasteiger partial charge in [-0.2, -0.15) is 13.2 Å². The molecule has 660 valence electrons. The zero-order valence-corrected chi connectivity index (χ0v) is 70.0. The van der Waals surface area contributed by atoms with Crippen LogP contribution in [0.25, 0.3) is 10.8 Å². The number of hydrogen-bond acceptors (Lipinski definition) is 19. The van der Waals surface area contributed by atoms with Crippen LogP contribution in [0.15, 0.2) is 140 Å². The number of alkyl halides is 3. The van der Waals surface area contributed by atoms with Gasteiger partial charge in [-0.25, -0.2) is 4.79 Å². The zero-order chi connectivity index (χ0) is 89.6. The lowest BCUT2D eigenvalue weighted by atomic mass is 9.99. The van der Waals surface area contributed by atoms with Crippen LogP contribution in [0.2, 0.25) is 5.02 Å². The highest BCUT2D eigenvalue weighted by molar-refractivity contribution is 6.30. The molecule has 13 amide bonds. The van der Waals surface area contributed by atoms with Crippen LogP contribution in [0.3, 0.4) is 0 Å². The molecule has 0 aliphatic carbocycles. The molecule has 0 saturated carbocycles. The minimum atomic E-state index is -5.08. The molecule has 0 unspecified atom stereocenters. The Balaban J connectivity index is 0.00000315. The smallest absolute Gasteiger partial charge is 0.475 e. The number of unbranched alkanes of at least 4 members (excludes halogenated alkanes) is 3. The number of nitrogens with one attached hydrogen (secondary N) is 11. The molecular weight excluding hydrogens is 1610 g/mol. The molecule has 1 aliphatic rings. The average molecular weight is 1720 g/mol. The second-order valence-corrected chi connectivity index (χ2v) is 30.8. The van der Waals surface area contributed by atoms with Crippen molar-refractivity contribution in [2.75, 3.05) is 39.8 Å². The van der Waals surface area contributed by atoms with Gasteiger partial charge in [-0.15, -0.1) is 0 Å². The van der Waals surface area contributed by atoms with Crippen molar-refractivity contribution in [1.29, 1.82) is 0 Å². The van der Waals surface area contributed by atoms with E-state index in [1.165, 1.54) is 67.9 Å². The Morgan fingerprint density at radius 1 is 0.533 bits per heavy atom. The van der Waals surface area contributed by atoms with Gasteiger partial charge < -0.3 is 84.2 Å². The molecule has 3 aromatic heterocycles. The Labute approximate surface area is 710 Å². The van der Waals surface area contributed by atoms with Crippen LogP contribution in [0.5, 0.6) is 0 Å². The number of aliphatic hydroxyl groups is 1. The highest BCUT2D eigenvalue weighted by Crippen LogP contribution is 2.24. The van der Waals surface area contributed by atoms with Crippen molar-refractivity contribution in [3.8, 4) is 0 Å². The van der Waals surface area contributed by atoms with E-state index >= 15 is 14.4 Å². The second kappa shape index (κ2) is 50.3. The third-order valence-corrected chi connectivity index (χ3v) is 20.2. The van der Waals surface area contributed by atoms with Gasteiger partial charge in [-0.1, -0.05) is 100.0 Å². The molecule has 4 heterocycles. The summed E-state index contributed by atoms with van der Waals surface area (Å²) in [6.45, 7) is 10.3. The highest BCUT2D eigenvalue weighted by atomic mass is 35.5. The van der Waals surface area contributed by atoms with E-state index in [9.17, 15) is 66.2 Å². The molecule has 15 N–H and O–H groups in total. The van der Waals surface area contributed by atoms with Crippen LogP contribution in [0, 0.1) is 5.92 Å². The molecule has 1 aliphatic heterocycles. The first-order chi connectivity index (χ1) is 58.0. The predicted octanol–water partition coefficient (Wildman–Crippen LogP) is 3.97. The number of aliphatic hydroxyl groups excluding tert-OH is 1. The van der Waals surface area contributed by atoms with Gasteiger partial charge in [0.25, 0.3) is 11.8 Å². The van der Waals surface area contributed by atoms with Crippen molar-refractivity contribution >= 4 is 105 Å². The summed E-state index contributed by atoms with van der Waals surface area (Å²) in [6.07, 6.45) is 5.85. The van der Waals surface area contributed by atoms with Crippen LogP contribution in [0.1, 0.15) is 156 Å². The maximum atomic E-state index is 15.2. The van der Waals surface area contributed by atoms with Crippen LogP contribution in [0.4, 0.5) is 13.2 Å². The maximum Gasteiger partial charge on any atom is 0.490 e. The normalized spacial score (nSPS) is 14.7. The topological polar surface area (TPSA) is 483 Å². The van der Waals surface area contributed by atoms with E-state index in [0.29, 0.717) is 47.5 Å². The molecule has 122 heavy (non-hydrogen) atoms. The maximum absolute atomic E-state index is 15.2. The molecule has 33 nitrogen and oxygen atoms in total. The minimum Gasteiger partial charge on any atom is -0.475 e. The van der Waals surface area contributed by atoms with Crippen LogP contribution >= 0.6 is 11.6 Å². The monoisotopic (exact) mass is 1720 g/mol. The molecule has 0 bridgehead atoms. The molecule has 7 rings (SSSR count). The number of amides is 13. The number of carboxylic acids is 1. The fraction of sp³-hybridized carbons (Fsp3) is 0.471. The highest BCUT2D eigenvalue weighted by Gasteiger charge is 2.41. The van der Waals surface area contributed by atoms with Gasteiger partial charge in [0, 0.05) is 101 Å². The fourth-order valence-electron chi connectivity index (χ4n) is 13.1. The Morgan fingerprint density at radius 2 is 0.992 bits per heavy atom. The number of fused-ring (bicyclic) bond motifs is 1. The number of nitrogens with two attached hydrogens (primary N) is 1. The number of carbonyl (C=O) groups excluding carboxylic acids is 13. The lowest BCUT2D eigenvalue weighted by Crippen LogP contribution is -2.61. The molecule has 1 fully saturated rings. The lowest BCUT2D eigenvalue weighted by molar-refractivity contribution is -0.192. The van der Waals surface area contributed by atoms with E-state index < -0.39 is 156 Å². The molecule has 37 heteroatoms. The van der Waals surface area contributed by atoms with Gasteiger partial charge in [0.1, 0.15) is 60.4 Å². The first-order valence-electron chi connectivity index (χ1n) is 40.4. The van der Waals surface area contributed by atoms with Crippen molar-refractivity contribution in [1.82, 2.24) is 83.2 Å². The number of pyridine rings is 3. The van der Waals surface area contributed by atoms with Crippen molar-refractivity contribution in [3.05, 3.63) is 173 Å². The summed E-state index contributed by atoms with van der Waals surface area (Å²) in [6, 6.07) is 16.1. The molecular formula is C85H111ClF3N17O16. The van der Waals surface area contributed by atoms with Gasteiger partial charge in [0.2, 0.25) is 65.0 Å². The Kier molecular flexibility index (Phi) is 40.7. The standard InChI is InChI=1S/C83H110ClN17O14.C2HF3O2/c1-51(2)42-66(77(109)95-65(27-12-13-38-89-52(3)4)83(115)101-41-19-28-70(101)81(113)92-53(5)72(85)104)96-76(108)64(26-11-15-40-91-74(106)61-24-18-37-88-49-61)93-75(107)63(25-10-14-39-90-73(105)60-23-17-36-87-48-60)94-80(112)69(50-102)99-79(111)68(45-57-20-16-35-86-47-57)97-78(110)67(44-55-30-33-62(84)34-31-55)98-82(114)71(100(7)54(6)103)46-56-29-32-58-21-8-9-22-59(58)43-56;3-2(4,5)1(6)7/h8-9,16-18,20-24,29-37,43,47-49,51-53,63-71,89,102H,10-15,19,25-28,38-42,44-46,50H2,1-7H3,(H2,85,104)(H,90,105)(H,91,106)(H,92,113)(H,93,107)(H,94,112)(H,95,109)(H,96,108)(H,97,110)(H,98,114)(H,99,111);(H,6,7)/t53-,63+,64+,65+,66+,67+,68+,69+,70+,71+;/m1./s1. The number of carboxylic acid groups (broad SMARTS) is 1. The summed E-state index contributed by atoms with van der Waals surface area (Å²) < 4.78 is 31.7. The largest absolute Gasteiger partial charge is 0.490 e. The fourth-order valence-corrected chi connectivity index (χ4v) is 13.3. The van der Waals surface area contributed by atoms with E-state index in [4.69, 9.17) is 27.2 Å². The van der Waals surface area contributed by atoms with Gasteiger partial charge in [-0.3, -0.25) is 77.3 Å². The van der Waals surface area contributed by atoms with Crippen molar-refractivity contribution in [3.63, 3.8) is 0 Å². The van der Waals surface area contributed by atoms with Gasteiger partial charge in [0.05, 0.1) is 17.7 Å². The third kappa shape index (κ3) is 33.5. The van der Waals surface area contributed by atoms with Gasteiger partial charge in [0.15, 0.2) is 0 Å². The SMILES string of the molecule is CC(=O)N(C)[C@@H](Cc1ccc2ccccc2c1)C(=O)N[C@@H](Cc1ccc(Cl)cc1)C(=O)N[C@@H](Cc1cccnc1)C(=O)N[C@@H](CO)C(=O)N[C@@H](CCCCNC(=O)c1cccnc1)C(=O)N[C@@H](CCCCNC(=O)c1cccnc1)C(=O)N[C@@H](CC(C)C)C(=O)N[C@@H](CCCCNC(C)C)C(=O)N1CCC[C@H]1C(=O)N[C@H](C)C(N)=O.O=C(O)C(F)(F)F. The zero-order valence-electron chi connectivity index (χ0n) is 69.3. The number of hydrogen-bond donors (Lipinski definition) is 14. The minimum absolute atomic E-state index is 0.0307. The number of likely N-dealkylation sites (tertiary alicyclic amines) is 1. The summed E-state index contributed by atoms with van der Waals surface area (Å²) in [5.41, 5.74) is 7.76. The van der Waals surface area contributed by atoms with Crippen LogP contribution in [-0.2, 0) is 76.8 Å². The summed E-state index contributed by atoms with van der Waals surface area (Å²) in [5.74, 6) is -12.4. The van der Waals surface area contributed by atoms with E-state index in [1.54, 1.807) is 60.7 Å². The number of likely N-dealkylation sites (N-methyl/N-ethyl adjacent to an activating group) is 1. The lowest BCUT2D eigenvalue weighted by Gasteiger charge is -2.31. The Hall–Kier alpha value is -12.0. The number of nitrogens with zero attached hydrogens (tertiary/aromatic N) is 5. The first kappa shape index (κ1) is 98.8. The number of aliphatic carboxylic acids is 1. The average Bonchev–Trinajstić information content (AvgIpc) is 1.35. The van der Waals surface area contributed by atoms with Crippen LogP contribution < -0.4 is 64.2 Å². The van der Waals surface area contributed by atoms with E-state index in [-0.39, 0.29) is 114 Å². The Bertz CT molecular complexity index is 4490. The van der Waals surface area contributed by atoms with E-state index in [1.807, 2.05) is 70.2 Å². The quantitative estimate of drug-likeness (QED) is 0.0240. The molecule has 0 spiro atoms. The molecule has 3 aromatic carbocycles. The van der Waals surface area contributed by atoms with Crippen LogP contribution in [-0.4, -0.2) is 230 Å². The molecule has 10 atom stereocenters. The Morgan fingerprint density at radius 3 is 1.49 bits per heavy atom. The first-order valence-corrected chi connectivity index (χ1v) is 40.8. The number of halogens is 4. The molecule has 6 aromatic rings. The summed E-state index contributed by atoms with van der Waals surface area (Å²) in [4.78, 5) is 208. The summed E-state index contributed by atoms with van der Waals surface area (Å²) in [5, 5.41) is 51.3. The van der Waals surface area contributed by atoms with Crippen molar-refractivity contribution < 1.29 is 90.5 Å². The predicted molar refractivity (Wildman–Crippen MR) is 446 cm³/mol.